The normalized spacial score (nSPS) is 24.2. The topological polar surface area (TPSA) is 41.6 Å². The van der Waals surface area contributed by atoms with Crippen LogP contribution in [0.5, 0.6) is 0 Å². The van der Waals surface area contributed by atoms with Gasteiger partial charge >= 0.3 is 0 Å². The molecule has 168 valence electrons. The summed E-state index contributed by atoms with van der Waals surface area (Å²) in [5, 5.41) is 0. The Morgan fingerprint density at radius 3 is 2.42 bits per heavy atom. The molecule has 0 bridgehead atoms. The van der Waals surface area contributed by atoms with Crippen LogP contribution in [0.25, 0.3) is 11.1 Å². The predicted molar refractivity (Wildman–Crippen MR) is 118 cm³/mol. The van der Waals surface area contributed by atoms with Crippen LogP contribution in [0, 0.1) is 5.82 Å². The highest BCUT2D eigenvalue weighted by molar-refractivity contribution is 7.78. The van der Waals surface area contributed by atoms with Gasteiger partial charge in [-0.3, -0.25) is 9.52 Å². The van der Waals surface area contributed by atoms with Gasteiger partial charge in [-0.25, -0.2) is 13.2 Å². The lowest BCUT2D eigenvalue weighted by atomic mass is 9.96. The van der Waals surface area contributed by atoms with Crippen LogP contribution in [0.2, 0.25) is 0 Å². The largest absolute Gasteiger partial charge is 0.368 e. The van der Waals surface area contributed by atoms with Gasteiger partial charge in [-0.05, 0) is 35.2 Å². The van der Waals surface area contributed by atoms with E-state index in [1.165, 1.54) is 17.0 Å². The van der Waals surface area contributed by atoms with Gasteiger partial charge in [-0.1, -0.05) is 63.1 Å². The zero-order valence-corrected chi connectivity index (χ0v) is 18.4. The number of hydrogen-bond donors (Lipinski definition) is 2. The molecular formula is C23H27F3N2O2S. The van der Waals surface area contributed by atoms with E-state index in [1.807, 2.05) is 32.0 Å². The highest BCUT2D eigenvalue weighted by Gasteiger charge is 2.56. The minimum Gasteiger partial charge on any atom is -0.368 e. The number of amides is 1. The van der Waals surface area contributed by atoms with E-state index in [4.69, 9.17) is 4.74 Å². The van der Waals surface area contributed by atoms with Crippen molar-refractivity contribution in [3.63, 3.8) is 0 Å². The van der Waals surface area contributed by atoms with E-state index in [1.54, 1.807) is 18.2 Å². The van der Waals surface area contributed by atoms with Crippen LogP contribution in [0.1, 0.15) is 25.8 Å². The molecule has 2 aliphatic rings. The zero-order chi connectivity index (χ0) is 22.6. The first-order valence-corrected chi connectivity index (χ1v) is 10.9. The maximum Gasteiger partial charge on any atom is 0.283 e. The van der Waals surface area contributed by atoms with Gasteiger partial charge in [0.2, 0.25) is 0 Å². The van der Waals surface area contributed by atoms with Crippen molar-refractivity contribution >= 4 is 18.7 Å². The van der Waals surface area contributed by atoms with Crippen molar-refractivity contribution in [2.75, 3.05) is 13.2 Å². The minimum atomic E-state index is -3.11. The summed E-state index contributed by atoms with van der Waals surface area (Å²) >= 11 is 3.90. The highest BCUT2D eigenvalue weighted by atomic mass is 32.1. The monoisotopic (exact) mass is 452 g/mol. The van der Waals surface area contributed by atoms with Crippen LogP contribution in [-0.4, -0.2) is 48.1 Å². The van der Waals surface area contributed by atoms with Crippen LogP contribution in [0.4, 0.5) is 13.2 Å². The van der Waals surface area contributed by atoms with Crippen molar-refractivity contribution in [2.45, 2.75) is 50.8 Å². The lowest BCUT2D eigenvalue weighted by Crippen LogP contribution is -2.51. The first-order valence-electron chi connectivity index (χ1n) is 10.4. The number of ether oxygens (including phenoxy) is 1. The van der Waals surface area contributed by atoms with Gasteiger partial charge < -0.3 is 9.64 Å². The third-order valence-electron chi connectivity index (χ3n) is 5.55. The van der Waals surface area contributed by atoms with Crippen LogP contribution in [-0.2, 0) is 16.0 Å². The summed E-state index contributed by atoms with van der Waals surface area (Å²) in [5.41, 5.74) is 2.25. The first-order chi connectivity index (χ1) is 14.9. The summed E-state index contributed by atoms with van der Waals surface area (Å²) in [6.07, 6.45) is 0.113. The van der Waals surface area contributed by atoms with Crippen LogP contribution < -0.4 is 4.72 Å². The molecule has 0 aliphatic carbocycles. The molecule has 2 saturated heterocycles. The average Bonchev–Trinajstić information content (AvgIpc) is 2.98. The van der Waals surface area contributed by atoms with E-state index >= 15 is 0 Å². The van der Waals surface area contributed by atoms with Crippen molar-refractivity contribution in [1.29, 1.82) is 0 Å². The Balaban J connectivity index is 0.00000132. The molecule has 2 heterocycles. The molecule has 3 atom stereocenters. The molecule has 2 fully saturated rings. The highest BCUT2D eigenvalue weighted by Crippen LogP contribution is 2.36. The Labute approximate surface area is 186 Å². The van der Waals surface area contributed by atoms with E-state index in [0.29, 0.717) is 18.6 Å². The number of benzene rings is 2. The number of nitrogens with zero attached hydrogens (tertiary/aromatic N) is 1. The quantitative estimate of drug-likeness (QED) is 0.657. The molecule has 0 saturated carbocycles. The number of alkyl halides is 2. The Morgan fingerprint density at radius 1 is 1.19 bits per heavy atom. The van der Waals surface area contributed by atoms with Crippen LogP contribution in [0.15, 0.2) is 48.5 Å². The number of likely N-dealkylation sites (tertiary alicyclic amines) is 1. The molecule has 0 spiro atoms. The zero-order valence-electron chi connectivity index (χ0n) is 17.5. The van der Waals surface area contributed by atoms with Crippen LogP contribution >= 0.6 is 12.8 Å². The molecule has 8 heteroatoms. The molecule has 2 aromatic carbocycles. The number of nitrogens with one attached hydrogen (secondary N) is 1. The summed E-state index contributed by atoms with van der Waals surface area (Å²) in [4.78, 5) is 13.9. The molecule has 4 nitrogen and oxygen atoms in total. The fourth-order valence-electron chi connectivity index (χ4n) is 3.96. The third-order valence-corrected chi connectivity index (χ3v) is 5.83. The van der Waals surface area contributed by atoms with E-state index < -0.39 is 36.6 Å². The van der Waals surface area contributed by atoms with Gasteiger partial charge in [0.1, 0.15) is 18.0 Å². The summed E-state index contributed by atoms with van der Waals surface area (Å²) in [6, 6.07) is 11.4. The molecule has 3 unspecified atom stereocenters. The Morgan fingerprint density at radius 2 is 1.84 bits per heavy atom. The number of carbonyl (C=O) groups excluding carboxylic acids is 1. The van der Waals surface area contributed by atoms with Crippen molar-refractivity contribution in [3.05, 3.63) is 59.9 Å². The lowest BCUT2D eigenvalue weighted by molar-refractivity contribution is -0.158. The summed E-state index contributed by atoms with van der Waals surface area (Å²) in [7, 11) is 0. The Hall–Kier alpha value is -2.03. The summed E-state index contributed by atoms with van der Waals surface area (Å²) in [5.74, 6) is -3.86. The molecule has 1 amide bonds. The number of halogens is 3. The molecule has 31 heavy (non-hydrogen) atoms. The van der Waals surface area contributed by atoms with E-state index in [0.717, 1.165) is 11.1 Å². The van der Waals surface area contributed by atoms with Crippen molar-refractivity contribution in [1.82, 2.24) is 9.62 Å². The smallest absolute Gasteiger partial charge is 0.283 e. The van der Waals surface area contributed by atoms with Gasteiger partial charge in [0.05, 0.1) is 19.2 Å². The second-order valence-electron chi connectivity index (χ2n) is 7.46. The van der Waals surface area contributed by atoms with Crippen molar-refractivity contribution in [2.24, 2.45) is 0 Å². The van der Waals surface area contributed by atoms with E-state index in [9.17, 15) is 18.0 Å². The molecule has 0 radical (unpaired) electrons. The fraction of sp³-hybridized carbons (Fsp3) is 0.435. The summed E-state index contributed by atoms with van der Waals surface area (Å²) in [6.45, 7) is 3.80. The first kappa shape index (κ1) is 23.6. The van der Waals surface area contributed by atoms with Gasteiger partial charge in [0.15, 0.2) is 0 Å². The lowest BCUT2D eigenvalue weighted by Gasteiger charge is -2.33. The minimum absolute atomic E-state index is 0.218. The Bertz CT molecular complexity index is 908. The van der Waals surface area contributed by atoms with E-state index in [-0.39, 0.29) is 12.2 Å². The molecule has 0 aromatic heterocycles. The molecule has 2 aromatic rings. The van der Waals surface area contributed by atoms with Crippen LogP contribution in [0.3, 0.4) is 0 Å². The van der Waals surface area contributed by atoms with Gasteiger partial charge in [0.25, 0.3) is 11.8 Å². The number of rotatable bonds is 5. The van der Waals surface area contributed by atoms with Gasteiger partial charge in [0, 0.05) is 6.42 Å². The second kappa shape index (κ2) is 10.1. The van der Waals surface area contributed by atoms with Gasteiger partial charge in [-0.2, -0.15) is 0 Å². The molecule has 2 aliphatic heterocycles. The predicted octanol–water partition coefficient (Wildman–Crippen LogP) is 4.50. The molecular weight excluding hydrogens is 425 g/mol. The van der Waals surface area contributed by atoms with Crippen molar-refractivity contribution in [3.8, 4) is 11.1 Å². The average molecular weight is 453 g/mol. The third kappa shape index (κ3) is 5.07. The maximum atomic E-state index is 14.6. The SMILES string of the molecule is CC.O=C(C1CCO1)N1CC(F)(F)C(NS)C1Cc1cccc(-c2cccc(F)c2)c1. The summed E-state index contributed by atoms with van der Waals surface area (Å²) < 4.78 is 50.3. The van der Waals surface area contributed by atoms with Gasteiger partial charge in [-0.15, -0.1) is 0 Å². The van der Waals surface area contributed by atoms with E-state index in [2.05, 4.69) is 17.5 Å². The van der Waals surface area contributed by atoms with Crippen molar-refractivity contribution < 1.29 is 22.7 Å². The second-order valence-corrected chi connectivity index (χ2v) is 7.72. The number of carbonyl (C=O) groups is 1. The standard InChI is InChI=1S/C21H21F3N2O2S.C2H6/c22-16-6-2-5-15(11-16)14-4-1-3-13(9-14)10-17-19(25-29)21(23,24)12-26(17)20(27)18-7-8-28-18;1-2/h1-6,9,11,17-19,25,29H,7-8,10,12H2;1-2H3. The number of thiol groups is 1. The maximum absolute atomic E-state index is 14.6. The number of hydrogen-bond acceptors (Lipinski definition) is 4. The Kier molecular flexibility index (Phi) is 7.67. The molecule has 1 N–H and O–H groups in total. The fourth-order valence-corrected chi connectivity index (χ4v) is 4.32. The molecule has 4 rings (SSSR count).